The molecule has 1 aromatic rings. The standard InChI is InChI=1S/C9H15N6O14P3/c10-4-1-2-15(8(18)12-4)7-5(16)6(17)9(27-7,13-14-11)3-26-31(22,23)29-32(24,25)28-30(19,20)21/h1-2,5-7,16-17H,3H2,(H,22,23)(H,24,25)(H2,10,12,18)(H2,19,20,21)/t5-,6-,7?,9+/m0/s1. The van der Waals surface area contributed by atoms with Crippen LogP contribution in [0.2, 0.25) is 0 Å². The SMILES string of the molecule is [N-]=[N+]=N[C@]1(COP(=O)(O)OP(=O)(O)OP(=O)(O)O)OC(n2ccc(N)nc2=O)[C@@H](O)[C@@H]1O. The predicted molar refractivity (Wildman–Crippen MR) is 96.7 cm³/mol. The van der Waals surface area contributed by atoms with Crippen molar-refractivity contribution in [1.82, 2.24) is 9.55 Å². The highest BCUT2D eigenvalue weighted by Crippen LogP contribution is 2.66. The molecular weight excluding hydrogens is 509 g/mol. The molecule has 180 valence electrons. The number of anilines is 1. The highest BCUT2D eigenvalue weighted by molar-refractivity contribution is 7.66. The van der Waals surface area contributed by atoms with Crippen LogP contribution >= 0.6 is 23.5 Å². The van der Waals surface area contributed by atoms with Crippen molar-refractivity contribution in [2.24, 2.45) is 5.11 Å². The first-order chi connectivity index (χ1) is 14.5. The van der Waals surface area contributed by atoms with Crippen molar-refractivity contribution >= 4 is 29.3 Å². The molecule has 23 heteroatoms. The molecule has 1 aromatic heterocycles. The molecular formula is C9H15N6O14P3. The lowest BCUT2D eigenvalue weighted by molar-refractivity contribution is -0.123. The fraction of sp³-hybridized carbons (Fsp3) is 0.556. The number of phosphoric acid groups is 3. The van der Waals surface area contributed by atoms with Gasteiger partial charge in [-0.1, -0.05) is 5.11 Å². The van der Waals surface area contributed by atoms with Crippen molar-refractivity contribution in [2.45, 2.75) is 24.2 Å². The molecule has 0 amide bonds. The third kappa shape index (κ3) is 6.41. The van der Waals surface area contributed by atoms with Crippen molar-refractivity contribution in [1.29, 1.82) is 0 Å². The minimum Gasteiger partial charge on any atom is -0.387 e. The highest BCUT2D eigenvalue weighted by atomic mass is 31.3. The van der Waals surface area contributed by atoms with E-state index < -0.39 is 59.9 Å². The second-order valence-electron chi connectivity index (χ2n) is 5.88. The molecule has 1 aliphatic rings. The van der Waals surface area contributed by atoms with Gasteiger partial charge < -0.3 is 40.3 Å². The van der Waals surface area contributed by atoms with Gasteiger partial charge in [0.25, 0.3) is 0 Å². The molecule has 3 unspecified atom stereocenters. The normalized spacial score (nSPS) is 29.6. The van der Waals surface area contributed by atoms with Crippen LogP contribution in [0.15, 0.2) is 22.2 Å². The molecule has 2 rings (SSSR count). The van der Waals surface area contributed by atoms with E-state index in [2.05, 4.69) is 28.2 Å². The molecule has 1 aliphatic heterocycles. The van der Waals surface area contributed by atoms with Gasteiger partial charge in [-0.2, -0.15) is 13.6 Å². The number of aliphatic hydroxyl groups is 2. The van der Waals surface area contributed by atoms with E-state index in [9.17, 15) is 33.6 Å². The van der Waals surface area contributed by atoms with Gasteiger partial charge in [0.1, 0.15) is 18.0 Å². The number of nitrogen functional groups attached to an aromatic ring is 1. The molecule has 2 heterocycles. The fourth-order valence-electron chi connectivity index (χ4n) is 2.40. The summed E-state index contributed by atoms with van der Waals surface area (Å²) in [6.07, 6.45) is -4.99. The van der Waals surface area contributed by atoms with E-state index in [0.29, 0.717) is 4.57 Å². The summed E-state index contributed by atoms with van der Waals surface area (Å²) in [6, 6.07) is 1.11. The number of nitrogens with zero attached hydrogens (tertiary/aromatic N) is 5. The minimum atomic E-state index is -5.86. The van der Waals surface area contributed by atoms with Crippen LogP contribution in [-0.2, 0) is 31.6 Å². The topological polar surface area (TPSA) is 319 Å². The summed E-state index contributed by atoms with van der Waals surface area (Å²) in [7, 11) is -17.2. The van der Waals surface area contributed by atoms with Gasteiger partial charge in [0, 0.05) is 11.1 Å². The Morgan fingerprint density at radius 2 is 1.88 bits per heavy atom. The Morgan fingerprint density at radius 3 is 2.41 bits per heavy atom. The molecule has 0 aromatic carbocycles. The van der Waals surface area contributed by atoms with Gasteiger partial charge in [-0.05, 0) is 11.6 Å². The fourth-order valence-corrected chi connectivity index (χ4v) is 5.44. The van der Waals surface area contributed by atoms with Crippen LogP contribution in [-0.4, -0.2) is 63.9 Å². The average molecular weight is 524 g/mol. The molecule has 1 fully saturated rings. The summed E-state index contributed by atoms with van der Waals surface area (Å²) in [5.41, 5.74) is 10.3. The van der Waals surface area contributed by atoms with E-state index >= 15 is 0 Å². The van der Waals surface area contributed by atoms with Gasteiger partial charge in [-0.15, -0.1) is 0 Å². The maximum absolute atomic E-state index is 12.0. The van der Waals surface area contributed by atoms with Crippen LogP contribution in [0.1, 0.15) is 6.23 Å². The van der Waals surface area contributed by atoms with Crippen LogP contribution < -0.4 is 11.4 Å². The van der Waals surface area contributed by atoms with Crippen molar-refractivity contribution in [3.63, 3.8) is 0 Å². The summed E-state index contributed by atoms with van der Waals surface area (Å²) < 4.78 is 51.0. The lowest BCUT2D eigenvalue weighted by atomic mass is 10.1. The van der Waals surface area contributed by atoms with E-state index in [-0.39, 0.29) is 5.82 Å². The lowest BCUT2D eigenvalue weighted by Crippen LogP contribution is -2.44. The number of aromatic nitrogens is 2. The number of azide groups is 1. The Balaban J connectivity index is 2.28. The van der Waals surface area contributed by atoms with E-state index in [1.807, 2.05) is 0 Å². The van der Waals surface area contributed by atoms with Crippen LogP contribution in [0, 0.1) is 0 Å². The average Bonchev–Trinajstić information content (AvgIpc) is 2.83. The zero-order valence-corrected chi connectivity index (χ0v) is 17.9. The maximum Gasteiger partial charge on any atom is 0.490 e. The number of nitrogens with two attached hydrogens (primary N) is 1. The second-order valence-corrected chi connectivity index (χ2v) is 10.3. The van der Waals surface area contributed by atoms with Crippen molar-refractivity contribution in [3.05, 3.63) is 33.2 Å². The second kappa shape index (κ2) is 9.26. The Kier molecular flexibility index (Phi) is 7.68. The quantitative estimate of drug-likeness (QED) is 0.0829. The molecule has 0 radical (unpaired) electrons. The monoisotopic (exact) mass is 524 g/mol. The smallest absolute Gasteiger partial charge is 0.387 e. The summed E-state index contributed by atoms with van der Waals surface area (Å²) in [6.45, 7) is -1.44. The van der Waals surface area contributed by atoms with Crippen molar-refractivity contribution in [2.75, 3.05) is 12.3 Å². The van der Waals surface area contributed by atoms with Gasteiger partial charge >= 0.3 is 29.2 Å². The first-order valence-corrected chi connectivity index (χ1v) is 12.3. The summed E-state index contributed by atoms with van der Waals surface area (Å²) >= 11 is 0. The zero-order chi connectivity index (χ0) is 24.5. The zero-order valence-electron chi connectivity index (χ0n) is 15.2. The summed E-state index contributed by atoms with van der Waals surface area (Å²) in [4.78, 5) is 53.3. The first kappa shape index (κ1) is 26.5. The third-order valence-electron chi connectivity index (χ3n) is 3.59. The Labute approximate surface area is 175 Å². The number of phosphoric ester groups is 1. The minimum absolute atomic E-state index is 0.201. The molecule has 1 saturated heterocycles. The summed E-state index contributed by atoms with van der Waals surface area (Å²) in [5, 5.41) is 23.6. The number of rotatable bonds is 9. The summed E-state index contributed by atoms with van der Waals surface area (Å²) in [5.74, 6) is -0.201. The van der Waals surface area contributed by atoms with Gasteiger partial charge in [0.05, 0.1) is 6.61 Å². The van der Waals surface area contributed by atoms with E-state index in [1.165, 1.54) is 0 Å². The molecule has 0 bridgehead atoms. The van der Waals surface area contributed by atoms with Crippen LogP contribution in [0.3, 0.4) is 0 Å². The number of hydrogen-bond acceptors (Lipinski definition) is 13. The Hall–Kier alpha value is -1.72. The number of ether oxygens (including phenoxy) is 1. The molecule has 0 aliphatic carbocycles. The Bertz CT molecular complexity index is 1120. The molecule has 32 heavy (non-hydrogen) atoms. The predicted octanol–water partition coefficient (Wildman–Crippen LogP) is -1.57. The lowest BCUT2D eigenvalue weighted by Gasteiger charge is -2.27. The van der Waals surface area contributed by atoms with E-state index in [1.54, 1.807) is 0 Å². The van der Waals surface area contributed by atoms with Crippen LogP contribution in [0.4, 0.5) is 5.82 Å². The van der Waals surface area contributed by atoms with Crippen molar-refractivity contribution in [3.8, 4) is 0 Å². The van der Waals surface area contributed by atoms with Crippen LogP contribution in [0.5, 0.6) is 0 Å². The number of hydrogen-bond donors (Lipinski definition) is 7. The highest BCUT2D eigenvalue weighted by Gasteiger charge is 2.56. The molecule has 20 nitrogen and oxygen atoms in total. The van der Waals surface area contributed by atoms with E-state index in [0.717, 1.165) is 12.3 Å². The number of aliphatic hydroxyl groups excluding tert-OH is 2. The molecule has 8 N–H and O–H groups in total. The first-order valence-electron chi connectivity index (χ1n) is 7.74. The van der Waals surface area contributed by atoms with Gasteiger partial charge in [0.15, 0.2) is 6.23 Å². The third-order valence-corrected chi connectivity index (χ3v) is 7.38. The molecule has 0 spiro atoms. The van der Waals surface area contributed by atoms with Gasteiger partial charge in [-0.25, -0.2) is 18.5 Å². The largest absolute Gasteiger partial charge is 0.490 e. The van der Waals surface area contributed by atoms with Crippen molar-refractivity contribution < 1.29 is 61.4 Å². The van der Waals surface area contributed by atoms with Gasteiger partial charge in [-0.3, -0.25) is 9.09 Å². The van der Waals surface area contributed by atoms with Gasteiger partial charge in [0.2, 0.25) is 5.72 Å². The maximum atomic E-state index is 12.0. The Morgan fingerprint density at radius 1 is 1.25 bits per heavy atom. The van der Waals surface area contributed by atoms with Crippen LogP contribution in [0.25, 0.3) is 10.4 Å². The molecule has 0 saturated carbocycles. The van der Waals surface area contributed by atoms with E-state index in [4.69, 9.17) is 30.7 Å². The molecule has 6 atom stereocenters.